The van der Waals surface area contributed by atoms with Crippen molar-refractivity contribution in [3.8, 4) is 0 Å². The highest BCUT2D eigenvalue weighted by Crippen LogP contribution is 2.37. The van der Waals surface area contributed by atoms with Gasteiger partial charge in [-0.1, -0.05) is 42.5 Å². The lowest BCUT2D eigenvalue weighted by Gasteiger charge is -2.24. The Morgan fingerprint density at radius 3 is 1.47 bits per heavy atom. The van der Waals surface area contributed by atoms with E-state index in [1.54, 1.807) is 0 Å². The van der Waals surface area contributed by atoms with Crippen molar-refractivity contribution in [2.24, 2.45) is 0 Å². The first-order valence-corrected chi connectivity index (χ1v) is 14.6. The fourth-order valence-electron chi connectivity index (χ4n) is 5.19. The predicted octanol–water partition coefficient (Wildman–Crippen LogP) is 6.65. The van der Waals surface area contributed by atoms with Crippen molar-refractivity contribution in [3.63, 3.8) is 0 Å². The van der Waals surface area contributed by atoms with Gasteiger partial charge in [0.1, 0.15) is 6.54 Å². The molecular weight excluding hydrogens is 486 g/mol. The highest BCUT2D eigenvalue weighted by molar-refractivity contribution is 6.17. The van der Waals surface area contributed by atoms with Crippen LogP contribution in [0.25, 0.3) is 11.1 Å². The predicted molar refractivity (Wildman–Crippen MR) is 169 cm³/mol. The number of nitrogens with one attached hydrogen (secondary N) is 1. The minimum atomic E-state index is 0.902. The van der Waals surface area contributed by atoms with Crippen LogP contribution in [0.4, 0.5) is 11.4 Å². The molecule has 0 radical (unpaired) electrons. The summed E-state index contributed by atoms with van der Waals surface area (Å²) in [7, 11) is 0. The van der Waals surface area contributed by atoms with E-state index in [4.69, 9.17) is 0 Å². The summed E-state index contributed by atoms with van der Waals surface area (Å²) >= 11 is 4.64. The fraction of sp³-hybridized carbons (Fsp3) is 0.324. The quantitative estimate of drug-likeness (QED) is 0.314. The number of benzene rings is 3. The Bertz CT molecular complexity index is 1190. The molecule has 3 nitrogen and oxygen atoms in total. The zero-order valence-corrected chi connectivity index (χ0v) is 24.6. The Hall–Kier alpha value is -3.30. The van der Waals surface area contributed by atoms with Crippen LogP contribution in [-0.4, -0.2) is 44.8 Å². The summed E-state index contributed by atoms with van der Waals surface area (Å²) in [6, 6.07) is 27.0. The highest BCUT2D eigenvalue weighted by atomic mass is 35.5. The maximum absolute atomic E-state index is 4.64. The fourth-order valence-corrected chi connectivity index (χ4v) is 5.19. The second-order valence-corrected chi connectivity index (χ2v) is 9.05. The van der Waals surface area contributed by atoms with Gasteiger partial charge in [0.2, 0.25) is 5.71 Å². The van der Waals surface area contributed by atoms with Crippen LogP contribution in [0.2, 0.25) is 0 Å². The van der Waals surface area contributed by atoms with E-state index in [0.717, 1.165) is 32.7 Å². The number of allylic oxidation sites excluding steroid dienone is 3. The molecule has 0 saturated carbocycles. The summed E-state index contributed by atoms with van der Waals surface area (Å²) in [6.45, 7) is 15.9. The van der Waals surface area contributed by atoms with Gasteiger partial charge in [-0.2, -0.15) is 0 Å². The molecule has 3 aromatic rings. The number of nitrogens with zero attached hydrogens (tertiary/aromatic N) is 2. The number of hydrogen-bond acceptors (Lipinski definition) is 2. The zero-order chi connectivity index (χ0) is 27.5. The van der Waals surface area contributed by atoms with Crippen LogP contribution in [0.5, 0.6) is 0 Å². The molecule has 0 aromatic heterocycles. The van der Waals surface area contributed by atoms with Crippen LogP contribution in [0.15, 0.2) is 84.9 Å². The molecule has 1 aliphatic carbocycles. The Kier molecular flexibility index (Phi) is 11.2. The van der Waals surface area contributed by atoms with Crippen molar-refractivity contribution in [3.05, 3.63) is 107 Å². The number of halogens is 1. The molecule has 0 bridgehead atoms. The largest absolute Gasteiger partial charge is 0.372 e. The van der Waals surface area contributed by atoms with Crippen LogP contribution in [0.1, 0.15) is 56.9 Å². The minimum Gasteiger partial charge on any atom is -0.372 e. The molecule has 0 heterocycles. The molecule has 0 fully saturated rings. The number of fused-ring (bicyclic) bond motifs is 1. The van der Waals surface area contributed by atoms with E-state index >= 15 is 0 Å². The first-order valence-electron chi connectivity index (χ1n) is 13.9. The topological polar surface area (TPSA) is 20.5 Å². The minimum absolute atomic E-state index is 0.902. The second-order valence-electron chi connectivity index (χ2n) is 9.05. The lowest BCUT2D eigenvalue weighted by Crippen LogP contribution is -2.72. The van der Waals surface area contributed by atoms with Gasteiger partial charge in [-0.05, 0) is 98.9 Å². The Balaban J connectivity index is 0.00000195. The van der Waals surface area contributed by atoms with Gasteiger partial charge in [0.25, 0.3) is 0 Å². The molecule has 1 N–H and O–H groups in total. The Labute approximate surface area is 235 Å². The smallest absolute Gasteiger partial charge is 0.206 e. The second kappa shape index (κ2) is 14.6. The molecule has 1 aliphatic rings. The molecule has 4 heteroatoms. The Morgan fingerprint density at radius 2 is 1.05 bits per heavy atom. The molecule has 38 heavy (non-hydrogen) atoms. The third-order valence-corrected chi connectivity index (χ3v) is 7.13. The molecule has 200 valence electrons. The van der Waals surface area contributed by atoms with Crippen molar-refractivity contribution >= 4 is 39.8 Å². The summed E-state index contributed by atoms with van der Waals surface area (Å²) in [5, 5.41) is 0. The van der Waals surface area contributed by atoms with Crippen LogP contribution >= 0.6 is 11.6 Å². The van der Waals surface area contributed by atoms with Crippen LogP contribution < -0.4 is 14.8 Å². The first-order chi connectivity index (χ1) is 18.6. The van der Waals surface area contributed by atoms with Gasteiger partial charge in [0, 0.05) is 50.0 Å². The van der Waals surface area contributed by atoms with Crippen LogP contribution in [0.3, 0.4) is 0 Å². The van der Waals surface area contributed by atoms with Crippen molar-refractivity contribution in [1.82, 2.24) is 0 Å². The highest BCUT2D eigenvalue weighted by Gasteiger charge is 2.22. The van der Waals surface area contributed by atoms with Crippen molar-refractivity contribution in [1.29, 1.82) is 0 Å². The summed E-state index contributed by atoms with van der Waals surface area (Å²) in [6.07, 6.45) is 5.99. The maximum Gasteiger partial charge on any atom is 0.206 e. The SMILES string of the molecule is CC[NH+]=C1C=CC(=C(c2ccc(N(CC)CC)cc2)c2ccc(N(CC)CC)cc2)c2ccccc21.CCl. The van der Waals surface area contributed by atoms with Gasteiger partial charge in [0.15, 0.2) is 0 Å². The molecule has 0 amide bonds. The van der Waals surface area contributed by atoms with Gasteiger partial charge < -0.3 is 9.80 Å². The van der Waals surface area contributed by atoms with Gasteiger partial charge in [0.05, 0.1) is 5.56 Å². The molecule has 3 aromatic carbocycles. The van der Waals surface area contributed by atoms with Gasteiger partial charge >= 0.3 is 0 Å². The average molecular weight is 529 g/mol. The summed E-state index contributed by atoms with van der Waals surface area (Å²) in [5.41, 5.74) is 11.3. The first kappa shape index (κ1) is 29.3. The number of hydrogen-bond donors (Lipinski definition) is 1. The van der Waals surface area contributed by atoms with Gasteiger partial charge in [-0.3, -0.25) is 0 Å². The maximum atomic E-state index is 4.64. The number of rotatable bonds is 9. The number of alkyl halides is 1. The van der Waals surface area contributed by atoms with Crippen molar-refractivity contribution < 1.29 is 4.99 Å². The normalized spacial score (nSPS) is 13.0. The van der Waals surface area contributed by atoms with E-state index in [1.165, 1.54) is 56.9 Å². The lowest BCUT2D eigenvalue weighted by molar-refractivity contribution is -0.450. The molecule has 0 aliphatic heterocycles. The van der Waals surface area contributed by atoms with E-state index in [1.807, 2.05) is 0 Å². The van der Waals surface area contributed by atoms with E-state index in [2.05, 4.69) is 146 Å². The molecule has 4 rings (SSSR count). The van der Waals surface area contributed by atoms with E-state index < -0.39 is 0 Å². The third-order valence-electron chi connectivity index (χ3n) is 7.13. The summed E-state index contributed by atoms with van der Waals surface area (Å²) < 4.78 is 0. The molecular formula is C34H43ClN3+. The zero-order valence-electron chi connectivity index (χ0n) is 23.9. The molecule has 0 spiro atoms. The van der Waals surface area contributed by atoms with Gasteiger partial charge in [-0.15, -0.1) is 11.6 Å². The summed E-state index contributed by atoms with van der Waals surface area (Å²) in [5.74, 6) is 0. The van der Waals surface area contributed by atoms with E-state index in [9.17, 15) is 0 Å². The standard InChI is InChI=1S/C33H39N3.CH3Cl/c1-6-34-32-24-23-31(29-13-11-12-14-30(29)32)33(25-15-19-27(20-16-25)35(7-2)8-3)26-17-21-28(22-18-26)36(9-4)10-5;1-2/h11-24H,6-10H2,1-5H3;1H3/p+1. The van der Waals surface area contributed by atoms with Crippen molar-refractivity contribution in [2.75, 3.05) is 48.9 Å². The van der Waals surface area contributed by atoms with Crippen LogP contribution in [0, 0.1) is 0 Å². The Morgan fingerprint density at radius 1 is 0.605 bits per heavy atom. The van der Waals surface area contributed by atoms with Crippen LogP contribution in [-0.2, 0) is 0 Å². The lowest BCUT2D eigenvalue weighted by atomic mass is 9.83. The van der Waals surface area contributed by atoms with E-state index in [0.29, 0.717) is 0 Å². The summed E-state index contributed by atoms with van der Waals surface area (Å²) in [4.78, 5) is 8.33. The molecule has 0 unspecified atom stereocenters. The van der Waals surface area contributed by atoms with E-state index in [-0.39, 0.29) is 0 Å². The third kappa shape index (κ3) is 6.39. The number of anilines is 2. The van der Waals surface area contributed by atoms with Crippen molar-refractivity contribution in [2.45, 2.75) is 34.6 Å². The van der Waals surface area contributed by atoms with Gasteiger partial charge in [-0.25, -0.2) is 4.99 Å². The average Bonchev–Trinajstić information content (AvgIpc) is 2.98. The molecule has 0 saturated heterocycles. The monoisotopic (exact) mass is 528 g/mol. The molecule has 0 atom stereocenters.